The second-order valence-corrected chi connectivity index (χ2v) is 10.4. The van der Waals surface area contributed by atoms with Gasteiger partial charge in [0.2, 0.25) is 5.91 Å². The molecule has 1 aliphatic carbocycles. The van der Waals surface area contributed by atoms with Crippen LogP contribution in [-0.2, 0) is 20.8 Å². The molecule has 0 spiro atoms. The number of fused-ring (bicyclic) bond motifs is 1. The van der Waals surface area contributed by atoms with Gasteiger partial charge in [0.1, 0.15) is 0 Å². The Balaban J connectivity index is 0.00000200. The van der Waals surface area contributed by atoms with Gasteiger partial charge in [-0.2, -0.15) is 0 Å². The number of imidazole rings is 1. The van der Waals surface area contributed by atoms with Gasteiger partial charge in [-0.3, -0.25) is 9.59 Å². The van der Waals surface area contributed by atoms with Crippen molar-refractivity contribution in [3.63, 3.8) is 0 Å². The fraction of sp³-hybridized carbons (Fsp3) is 0.667. The highest BCUT2D eigenvalue weighted by atomic mass is 35.5. The number of hydrogen-bond donors (Lipinski definition) is 1. The summed E-state index contributed by atoms with van der Waals surface area (Å²) in [4.78, 5) is 36.1. The van der Waals surface area contributed by atoms with Crippen molar-refractivity contribution in [3.8, 4) is 0 Å². The van der Waals surface area contributed by atoms with Crippen LogP contribution in [-0.4, -0.2) is 96.9 Å². The average Bonchev–Trinajstić information content (AvgIpc) is 3.68. The second kappa shape index (κ2) is 14.5. The van der Waals surface area contributed by atoms with Crippen molar-refractivity contribution in [2.75, 3.05) is 59.7 Å². The molecule has 0 radical (unpaired) electrons. The number of aryl methyl sites for hydroxylation is 1. The molecule has 1 aromatic carbocycles. The Labute approximate surface area is 237 Å². The molecule has 3 heterocycles. The van der Waals surface area contributed by atoms with E-state index in [1.165, 1.54) is 0 Å². The summed E-state index contributed by atoms with van der Waals surface area (Å²) in [5, 5.41) is 3.46. The highest BCUT2D eigenvalue weighted by molar-refractivity contribution is 5.95. The number of halogens is 2. The van der Waals surface area contributed by atoms with Crippen LogP contribution in [0, 0.1) is 11.8 Å². The van der Waals surface area contributed by atoms with E-state index in [0.29, 0.717) is 64.2 Å². The van der Waals surface area contributed by atoms with Crippen LogP contribution in [0.4, 0.5) is 0 Å². The van der Waals surface area contributed by atoms with Gasteiger partial charge in [0.15, 0.2) is 5.82 Å². The largest absolute Gasteiger partial charge is 0.385 e. The maximum atomic E-state index is 14.1. The van der Waals surface area contributed by atoms with Crippen LogP contribution < -0.4 is 5.32 Å². The van der Waals surface area contributed by atoms with Gasteiger partial charge in [0.05, 0.1) is 30.2 Å². The number of ether oxygens (including phenoxy) is 2. The molecule has 0 unspecified atom stereocenters. The number of amides is 2. The predicted octanol–water partition coefficient (Wildman–Crippen LogP) is 3.00. The first kappa shape index (κ1) is 30.6. The van der Waals surface area contributed by atoms with Crippen molar-refractivity contribution < 1.29 is 19.1 Å². The monoisotopic (exact) mass is 569 g/mol. The number of carbonyl (C=O) groups excluding carboxylic acids is 2. The van der Waals surface area contributed by atoms with Gasteiger partial charge >= 0.3 is 0 Å². The molecule has 3 fully saturated rings. The highest BCUT2D eigenvalue weighted by Crippen LogP contribution is 2.32. The van der Waals surface area contributed by atoms with E-state index in [1.807, 2.05) is 34.1 Å². The molecule has 0 bridgehead atoms. The average molecular weight is 571 g/mol. The van der Waals surface area contributed by atoms with Crippen LogP contribution in [0.3, 0.4) is 0 Å². The molecule has 5 rings (SSSR count). The fourth-order valence-electron chi connectivity index (χ4n) is 5.47. The molecule has 2 aromatic rings. The summed E-state index contributed by atoms with van der Waals surface area (Å²) >= 11 is 0. The van der Waals surface area contributed by atoms with E-state index in [9.17, 15) is 9.59 Å². The van der Waals surface area contributed by atoms with E-state index in [0.717, 1.165) is 49.8 Å². The SMILES string of the molecule is COCCCCn1c(C(=O)N(CC2CC2)[C@@H]2CNC[C@H](C(=O)N3CCOCC3)C2)nc2ccccc21.Cl.Cl. The van der Waals surface area contributed by atoms with Gasteiger partial charge in [0.25, 0.3) is 5.91 Å². The van der Waals surface area contributed by atoms with Gasteiger partial charge in [-0.15, -0.1) is 24.8 Å². The third kappa shape index (κ3) is 7.18. The molecule has 1 N–H and O–H groups in total. The van der Waals surface area contributed by atoms with E-state index in [1.54, 1.807) is 7.11 Å². The van der Waals surface area contributed by atoms with Crippen LogP contribution >= 0.6 is 24.8 Å². The van der Waals surface area contributed by atoms with Gasteiger partial charge in [-0.25, -0.2) is 4.98 Å². The first-order chi connectivity index (χ1) is 17.7. The van der Waals surface area contributed by atoms with Crippen LogP contribution in [0.25, 0.3) is 11.0 Å². The molecule has 2 amide bonds. The Morgan fingerprint density at radius 2 is 1.89 bits per heavy atom. The maximum absolute atomic E-state index is 14.1. The third-order valence-corrected chi connectivity index (χ3v) is 7.68. The molecular weight excluding hydrogens is 529 g/mol. The van der Waals surface area contributed by atoms with Crippen molar-refractivity contribution in [1.82, 2.24) is 24.7 Å². The number of nitrogens with zero attached hydrogens (tertiary/aromatic N) is 4. The third-order valence-electron chi connectivity index (χ3n) is 7.68. The Bertz CT molecular complexity index is 1060. The van der Waals surface area contributed by atoms with Crippen LogP contribution in [0.1, 0.15) is 42.7 Å². The zero-order valence-electron chi connectivity index (χ0n) is 22.2. The number of para-hydroxylation sites is 2. The topological polar surface area (TPSA) is 88.9 Å². The van der Waals surface area contributed by atoms with Crippen LogP contribution in [0.2, 0.25) is 0 Å². The standard InChI is InChI=1S/C27H39N5O4.2ClH/c1-35-13-5-4-10-31-24-7-3-2-6-23(24)29-25(31)27(34)32(19-20-8-9-20)22-16-21(17-28-18-22)26(33)30-11-14-36-15-12-30;;/h2-3,6-7,20-22,28H,4-5,8-19H2,1H3;2*1H/t21-,22+;;/m1../s1. The smallest absolute Gasteiger partial charge is 0.290 e. The summed E-state index contributed by atoms with van der Waals surface area (Å²) in [7, 11) is 1.71. The summed E-state index contributed by atoms with van der Waals surface area (Å²) in [6.45, 7) is 6.03. The Morgan fingerprint density at radius 1 is 1.13 bits per heavy atom. The first-order valence-electron chi connectivity index (χ1n) is 13.5. The van der Waals surface area contributed by atoms with Crippen molar-refractivity contribution in [1.29, 1.82) is 0 Å². The van der Waals surface area contributed by atoms with Crippen LogP contribution in [0.15, 0.2) is 24.3 Å². The van der Waals surface area contributed by atoms with Crippen molar-refractivity contribution in [2.45, 2.75) is 44.7 Å². The molecule has 2 saturated heterocycles. The molecule has 38 heavy (non-hydrogen) atoms. The Morgan fingerprint density at radius 3 is 2.63 bits per heavy atom. The zero-order chi connectivity index (χ0) is 24.9. The van der Waals surface area contributed by atoms with E-state index in [-0.39, 0.29) is 48.6 Å². The maximum Gasteiger partial charge on any atom is 0.290 e. The number of methoxy groups -OCH3 is 1. The van der Waals surface area contributed by atoms with Crippen molar-refractivity contribution in [3.05, 3.63) is 30.1 Å². The number of benzene rings is 1. The molecule has 1 saturated carbocycles. The first-order valence-corrected chi connectivity index (χ1v) is 13.5. The lowest BCUT2D eigenvalue weighted by atomic mass is 9.92. The van der Waals surface area contributed by atoms with Crippen molar-refractivity contribution >= 4 is 47.7 Å². The minimum Gasteiger partial charge on any atom is -0.385 e. The lowest BCUT2D eigenvalue weighted by Crippen LogP contribution is -2.56. The molecule has 9 nitrogen and oxygen atoms in total. The second-order valence-electron chi connectivity index (χ2n) is 10.4. The van der Waals surface area contributed by atoms with Gasteiger partial charge in [-0.05, 0) is 50.2 Å². The molecular formula is C27H41Cl2N5O4. The zero-order valence-corrected chi connectivity index (χ0v) is 23.8. The summed E-state index contributed by atoms with van der Waals surface area (Å²) < 4.78 is 12.7. The number of aromatic nitrogens is 2. The highest BCUT2D eigenvalue weighted by Gasteiger charge is 2.38. The lowest BCUT2D eigenvalue weighted by molar-refractivity contribution is -0.140. The van der Waals surface area contributed by atoms with E-state index >= 15 is 0 Å². The van der Waals surface area contributed by atoms with Gasteiger partial charge in [0, 0.05) is 59.0 Å². The quantitative estimate of drug-likeness (QED) is 0.442. The number of rotatable bonds is 10. The Kier molecular flexibility index (Phi) is 11.7. The molecule has 212 valence electrons. The van der Waals surface area contributed by atoms with Crippen molar-refractivity contribution in [2.24, 2.45) is 11.8 Å². The number of nitrogens with one attached hydrogen (secondary N) is 1. The Hall–Kier alpha value is -1.91. The van der Waals surface area contributed by atoms with Crippen LogP contribution in [0.5, 0.6) is 0 Å². The summed E-state index contributed by atoms with van der Waals surface area (Å²) in [5.74, 6) is 1.10. The molecule has 2 atom stereocenters. The minimum atomic E-state index is -0.121. The van der Waals surface area contributed by atoms with Gasteiger partial charge < -0.3 is 29.2 Å². The number of carbonyl (C=O) groups is 2. The molecule has 1 aromatic heterocycles. The number of unbranched alkanes of at least 4 members (excludes halogenated alkanes) is 1. The predicted molar refractivity (Wildman–Crippen MR) is 151 cm³/mol. The normalized spacial score (nSPS) is 21.4. The fourth-order valence-corrected chi connectivity index (χ4v) is 5.47. The number of piperidine rings is 1. The molecule has 11 heteroatoms. The number of hydrogen-bond acceptors (Lipinski definition) is 6. The van der Waals surface area contributed by atoms with E-state index in [2.05, 4.69) is 9.88 Å². The molecule has 3 aliphatic rings. The number of morpholine rings is 1. The summed E-state index contributed by atoms with van der Waals surface area (Å²) in [5.41, 5.74) is 1.84. The van der Waals surface area contributed by atoms with Gasteiger partial charge in [-0.1, -0.05) is 12.1 Å². The van der Waals surface area contributed by atoms with E-state index < -0.39 is 0 Å². The lowest BCUT2D eigenvalue weighted by Gasteiger charge is -2.39. The molecule has 2 aliphatic heterocycles. The summed E-state index contributed by atoms with van der Waals surface area (Å²) in [6.07, 6.45) is 4.86. The van der Waals surface area contributed by atoms with E-state index in [4.69, 9.17) is 14.5 Å². The summed E-state index contributed by atoms with van der Waals surface area (Å²) in [6, 6.07) is 7.96. The minimum absolute atomic E-state index is 0.